The van der Waals surface area contributed by atoms with E-state index in [9.17, 15) is 0 Å². The number of hydrogen-bond donors (Lipinski definition) is 1. The van der Waals surface area contributed by atoms with Crippen molar-refractivity contribution in [3.05, 3.63) is 34.3 Å². The van der Waals surface area contributed by atoms with Gasteiger partial charge < -0.3 is 5.73 Å². The van der Waals surface area contributed by atoms with E-state index in [-0.39, 0.29) is 0 Å². The molecule has 0 amide bonds. The largest absolute Gasteiger partial charge is 0.374 e. The number of aromatic nitrogens is 2. The summed E-state index contributed by atoms with van der Waals surface area (Å²) in [7, 11) is 0. The lowest BCUT2D eigenvalue weighted by molar-refractivity contribution is 1.02. The van der Waals surface area contributed by atoms with Crippen molar-refractivity contribution in [2.24, 2.45) is 0 Å². The van der Waals surface area contributed by atoms with Gasteiger partial charge in [0.15, 0.2) is 4.34 Å². The molecule has 15 heavy (non-hydrogen) atoms. The van der Waals surface area contributed by atoms with E-state index < -0.39 is 0 Å². The third-order valence-electron chi connectivity index (χ3n) is 1.73. The highest BCUT2D eigenvalue weighted by atomic mass is 79.9. The Labute approximate surface area is 104 Å². The molecule has 2 N–H and O–H groups in total. The van der Waals surface area contributed by atoms with E-state index in [0.29, 0.717) is 5.13 Å². The highest BCUT2D eigenvalue weighted by Crippen LogP contribution is 2.29. The first-order chi connectivity index (χ1) is 7.25. The van der Waals surface area contributed by atoms with Gasteiger partial charge in [0.1, 0.15) is 0 Å². The van der Waals surface area contributed by atoms with E-state index in [1.54, 1.807) is 11.8 Å². The summed E-state index contributed by atoms with van der Waals surface area (Å²) in [5, 5.41) is 8.23. The molecule has 0 fully saturated rings. The molecule has 0 atom stereocenters. The summed E-state index contributed by atoms with van der Waals surface area (Å²) in [6, 6.07) is 8.14. The molecule has 1 heterocycles. The van der Waals surface area contributed by atoms with Gasteiger partial charge in [-0.05, 0) is 11.6 Å². The lowest BCUT2D eigenvalue weighted by Gasteiger charge is -2.00. The van der Waals surface area contributed by atoms with Crippen molar-refractivity contribution in [3.63, 3.8) is 0 Å². The molecular weight excluding hydrogens is 294 g/mol. The summed E-state index contributed by atoms with van der Waals surface area (Å²) < 4.78 is 2.03. The highest BCUT2D eigenvalue weighted by molar-refractivity contribution is 9.10. The Hall–Kier alpha value is -0.590. The fraction of sp³-hybridized carbons (Fsp3) is 0.111. The summed E-state index contributed by atoms with van der Waals surface area (Å²) >= 11 is 6.56. The Morgan fingerprint density at radius 3 is 2.80 bits per heavy atom. The molecule has 0 radical (unpaired) electrons. The van der Waals surface area contributed by atoms with Gasteiger partial charge in [0, 0.05) is 10.2 Å². The lowest BCUT2D eigenvalue weighted by atomic mass is 10.2. The molecule has 0 aliphatic rings. The van der Waals surface area contributed by atoms with Gasteiger partial charge in [0.2, 0.25) is 5.13 Å². The van der Waals surface area contributed by atoms with Crippen LogP contribution in [0.3, 0.4) is 0 Å². The van der Waals surface area contributed by atoms with Crippen molar-refractivity contribution in [1.82, 2.24) is 10.2 Å². The monoisotopic (exact) mass is 301 g/mol. The van der Waals surface area contributed by atoms with Gasteiger partial charge in [-0.1, -0.05) is 57.2 Å². The van der Waals surface area contributed by atoms with Gasteiger partial charge >= 0.3 is 0 Å². The zero-order valence-electron chi connectivity index (χ0n) is 7.68. The van der Waals surface area contributed by atoms with Crippen LogP contribution < -0.4 is 5.73 Å². The van der Waals surface area contributed by atoms with Crippen LogP contribution in [-0.4, -0.2) is 10.2 Å². The second-order valence-corrected chi connectivity index (χ2v) is 5.87. The maximum Gasteiger partial charge on any atom is 0.203 e. The minimum atomic E-state index is 0.518. The number of halogens is 1. The molecule has 3 nitrogen and oxygen atoms in total. The SMILES string of the molecule is Nc1nnc(SCc2ccccc2Br)s1. The third kappa shape index (κ3) is 2.93. The lowest BCUT2D eigenvalue weighted by Crippen LogP contribution is -1.82. The van der Waals surface area contributed by atoms with Crippen LogP contribution >= 0.6 is 39.0 Å². The molecule has 0 spiro atoms. The van der Waals surface area contributed by atoms with E-state index in [2.05, 4.69) is 32.2 Å². The Morgan fingerprint density at radius 1 is 1.33 bits per heavy atom. The van der Waals surface area contributed by atoms with Crippen LogP contribution in [0.15, 0.2) is 33.1 Å². The molecule has 78 valence electrons. The van der Waals surface area contributed by atoms with Crippen molar-refractivity contribution in [2.75, 3.05) is 5.73 Å². The van der Waals surface area contributed by atoms with E-state index >= 15 is 0 Å². The average Bonchev–Trinajstić information content (AvgIpc) is 2.63. The molecule has 2 aromatic rings. The first-order valence-electron chi connectivity index (χ1n) is 4.21. The van der Waals surface area contributed by atoms with E-state index in [1.807, 2.05) is 18.2 Å². The number of hydrogen-bond acceptors (Lipinski definition) is 5. The zero-order valence-corrected chi connectivity index (χ0v) is 10.9. The molecule has 0 aliphatic carbocycles. The fourth-order valence-electron chi connectivity index (χ4n) is 1.03. The molecule has 0 aliphatic heterocycles. The van der Waals surface area contributed by atoms with Crippen molar-refractivity contribution in [3.8, 4) is 0 Å². The molecule has 6 heteroatoms. The van der Waals surface area contributed by atoms with E-state index in [4.69, 9.17) is 5.73 Å². The highest BCUT2D eigenvalue weighted by Gasteiger charge is 2.04. The first-order valence-corrected chi connectivity index (χ1v) is 6.80. The first kappa shape index (κ1) is 10.9. The van der Waals surface area contributed by atoms with Crippen molar-refractivity contribution in [1.29, 1.82) is 0 Å². The van der Waals surface area contributed by atoms with Crippen molar-refractivity contribution in [2.45, 2.75) is 10.1 Å². The third-order valence-corrected chi connectivity index (χ3v) is 4.44. The Kier molecular flexibility index (Phi) is 3.61. The second-order valence-electron chi connectivity index (χ2n) is 2.79. The molecule has 0 unspecified atom stereocenters. The van der Waals surface area contributed by atoms with Crippen LogP contribution in [0.25, 0.3) is 0 Å². The standard InChI is InChI=1S/C9H8BrN3S2/c10-7-4-2-1-3-6(7)5-14-9-13-12-8(11)15-9/h1-4H,5H2,(H2,11,12). The maximum atomic E-state index is 5.50. The van der Waals surface area contributed by atoms with Crippen LogP contribution in [0.1, 0.15) is 5.56 Å². The molecular formula is C9H8BrN3S2. The number of benzene rings is 1. The Balaban J connectivity index is 2.02. The van der Waals surface area contributed by atoms with E-state index in [1.165, 1.54) is 16.9 Å². The number of nitrogens with zero attached hydrogens (tertiary/aromatic N) is 2. The van der Waals surface area contributed by atoms with Gasteiger partial charge in [-0.15, -0.1) is 10.2 Å². The summed E-state index contributed by atoms with van der Waals surface area (Å²) in [6.45, 7) is 0. The second kappa shape index (κ2) is 4.96. The van der Waals surface area contributed by atoms with Gasteiger partial charge in [0.05, 0.1) is 0 Å². The van der Waals surface area contributed by atoms with Crippen molar-refractivity contribution >= 4 is 44.2 Å². The predicted octanol–water partition coefficient (Wildman–Crippen LogP) is 3.18. The minimum Gasteiger partial charge on any atom is -0.374 e. The van der Waals surface area contributed by atoms with Gasteiger partial charge in [-0.3, -0.25) is 0 Å². The van der Waals surface area contributed by atoms with Crippen LogP contribution in [-0.2, 0) is 5.75 Å². The van der Waals surface area contributed by atoms with E-state index in [0.717, 1.165) is 14.6 Å². The maximum absolute atomic E-state index is 5.50. The number of nitrogens with two attached hydrogens (primary N) is 1. The number of anilines is 1. The quantitative estimate of drug-likeness (QED) is 0.885. The Morgan fingerprint density at radius 2 is 2.13 bits per heavy atom. The zero-order chi connectivity index (χ0) is 10.7. The molecule has 0 saturated carbocycles. The number of thioether (sulfide) groups is 1. The molecule has 1 aromatic heterocycles. The van der Waals surface area contributed by atoms with Crippen LogP contribution in [0.2, 0.25) is 0 Å². The molecule has 1 aromatic carbocycles. The minimum absolute atomic E-state index is 0.518. The number of rotatable bonds is 3. The van der Waals surface area contributed by atoms with Crippen LogP contribution in [0, 0.1) is 0 Å². The molecule has 0 bridgehead atoms. The summed E-state index contributed by atoms with van der Waals surface area (Å²) in [6.07, 6.45) is 0. The topological polar surface area (TPSA) is 51.8 Å². The van der Waals surface area contributed by atoms with Crippen molar-refractivity contribution < 1.29 is 0 Å². The van der Waals surface area contributed by atoms with Gasteiger partial charge in [-0.2, -0.15) is 0 Å². The van der Waals surface area contributed by atoms with Crippen LogP contribution in [0.4, 0.5) is 5.13 Å². The number of nitrogen functional groups attached to an aromatic ring is 1. The average molecular weight is 302 g/mol. The molecule has 0 saturated heterocycles. The normalized spacial score (nSPS) is 10.5. The predicted molar refractivity (Wildman–Crippen MR) is 68.0 cm³/mol. The smallest absolute Gasteiger partial charge is 0.203 e. The van der Waals surface area contributed by atoms with Gasteiger partial charge in [-0.25, -0.2) is 0 Å². The van der Waals surface area contributed by atoms with Gasteiger partial charge in [0.25, 0.3) is 0 Å². The molecule has 2 rings (SSSR count). The van der Waals surface area contributed by atoms with Crippen LogP contribution in [0.5, 0.6) is 0 Å². The summed E-state index contributed by atoms with van der Waals surface area (Å²) in [5.41, 5.74) is 6.75. The fourth-order valence-corrected chi connectivity index (χ4v) is 3.28. The summed E-state index contributed by atoms with van der Waals surface area (Å²) in [5.74, 6) is 0.871. The summed E-state index contributed by atoms with van der Waals surface area (Å²) in [4.78, 5) is 0. The Bertz CT molecular complexity index is 458.